The van der Waals surface area contributed by atoms with E-state index in [2.05, 4.69) is 34.3 Å². The summed E-state index contributed by atoms with van der Waals surface area (Å²) in [4.78, 5) is 42.0. The zero-order valence-corrected chi connectivity index (χ0v) is 20.5. The smallest absolute Gasteiger partial charge is 0.400 e. The number of fused-ring (bicyclic) bond motifs is 1. The van der Waals surface area contributed by atoms with Crippen LogP contribution in [0.25, 0.3) is 11.2 Å². The third-order valence-electron chi connectivity index (χ3n) is 4.89. The van der Waals surface area contributed by atoms with E-state index in [0.29, 0.717) is 37.1 Å². The highest BCUT2D eigenvalue weighted by Crippen LogP contribution is 2.36. The van der Waals surface area contributed by atoms with E-state index in [0.717, 1.165) is 0 Å². The zero-order chi connectivity index (χ0) is 26.9. The highest BCUT2D eigenvalue weighted by Gasteiger charge is 2.45. The second kappa shape index (κ2) is 13.5. The first-order valence-corrected chi connectivity index (χ1v) is 12.2. The van der Waals surface area contributed by atoms with Crippen molar-refractivity contribution in [1.29, 1.82) is 0 Å². The summed E-state index contributed by atoms with van der Waals surface area (Å²) in [6.45, 7) is 0.566. The fourth-order valence-corrected chi connectivity index (χ4v) is 3.40. The number of esters is 2. The molecule has 0 aromatic carbocycles. The molecule has 17 nitrogen and oxygen atoms in total. The molecule has 3 heterocycles. The minimum absolute atomic E-state index is 0.158. The summed E-state index contributed by atoms with van der Waals surface area (Å²) < 4.78 is 31.2. The van der Waals surface area contributed by atoms with E-state index in [-0.39, 0.29) is 17.8 Å². The normalized spacial score (nSPS) is 22.9. The molecule has 3 rings (SSSR count). The molecule has 2 aromatic rings. The van der Waals surface area contributed by atoms with Crippen LogP contribution in [-0.4, -0.2) is 98.8 Å². The molecule has 202 valence electrons. The maximum absolute atomic E-state index is 10.9. The molecule has 1 aliphatic heterocycles. The fraction of sp³-hybridized carbons (Fsp3) is 0.611. The Morgan fingerprint density at radius 3 is 2.31 bits per heavy atom. The van der Waals surface area contributed by atoms with Gasteiger partial charge in [-0.25, -0.2) is 25.0 Å². The average molecular weight is 535 g/mol. The number of rotatable bonds is 10. The lowest BCUT2D eigenvalue weighted by atomic mass is 10.1. The number of nitrogens with two attached hydrogens (primary N) is 2. The van der Waals surface area contributed by atoms with Gasteiger partial charge in [0, 0.05) is 13.1 Å². The van der Waals surface area contributed by atoms with E-state index in [1.807, 2.05) is 0 Å². The van der Waals surface area contributed by atoms with Crippen molar-refractivity contribution in [3.63, 3.8) is 0 Å². The standard InChI is InChI=1S/C10H15N6O6P.C8H15NO4/c11-8-5-9(14-2-13-8)16(3-15-5)10-7(18)6(17)4(22-10)1-21-23(12,19)20;1-12-7(10)3-5-9-6-4-8(11)13-2/h2-4,6-7,10,17-18H,1H2,(H2,11,13,14)(H3,12,19,20);9H,3-6H2,1-2H3/t4-,6-,7-,10-;/m1./s1. The van der Waals surface area contributed by atoms with Gasteiger partial charge in [0.15, 0.2) is 17.7 Å². The van der Waals surface area contributed by atoms with Gasteiger partial charge in [-0.2, -0.15) is 0 Å². The van der Waals surface area contributed by atoms with Crippen LogP contribution in [0.5, 0.6) is 0 Å². The number of carbonyl (C=O) groups is 2. The molecule has 1 unspecified atom stereocenters. The summed E-state index contributed by atoms with van der Waals surface area (Å²) in [6.07, 6.45) is -1.60. The number of carbonyl (C=O) groups excluding carboxylic acids is 2. The number of nitrogens with one attached hydrogen (secondary N) is 1. The van der Waals surface area contributed by atoms with Gasteiger partial charge in [0.1, 0.15) is 30.2 Å². The zero-order valence-electron chi connectivity index (χ0n) is 19.6. The lowest BCUT2D eigenvalue weighted by molar-refractivity contribution is -0.140. The lowest BCUT2D eigenvalue weighted by Crippen LogP contribution is -2.33. The first-order valence-electron chi connectivity index (χ1n) is 10.5. The predicted molar refractivity (Wildman–Crippen MR) is 122 cm³/mol. The van der Waals surface area contributed by atoms with Crippen LogP contribution in [0, 0.1) is 0 Å². The molecule has 0 amide bonds. The van der Waals surface area contributed by atoms with Crippen molar-refractivity contribution >= 4 is 36.7 Å². The first kappa shape index (κ1) is 29.5. The Morgan fingerprint density at radius 1 is 1.14 bits per heavy atom. The van der Waals surface area contributed by atoms with Gasteiger partial charge in [-0.15, -0.1) is 0 Å². The van der Waals surface area contributed by atoms with E-state index in [9.17, 15) is 24.4 Å². The first-order chi connectivity index (χ1) is 17.0. The molecule has 8 N–H and O–H groups in total. The maximum Gasteiger partial charge on any atom is 0.400 e. The van der Waals surface area contributed by atoms with E-state index < -0.39 is 38.9 Å². The van der Waals surface area contributed by atoms with Crippen molar-refractivity contribution in [3.8, 4) is 0 Å². The van der Waals surface area contributed by atoms with Crippen LogP contribution < -0.4 is 16.6 Å². The molecule has 36 heavy (non-hydrogen) atoms. The van der Waals surface area contributed by atoms with Crippen molar-refractivity contribution in [3.05, 3.63) is 12.7 Å². The topological polar surface area (TPSA) is 256 Å². The number of aliphatic hydroxyl groups is 2. The number of ether oxygens (including phenoxy) is 3. The molecule has 0 spiro atoms. The quantitative estimate of drug-likeness (QED) is 0.107. The van der Waals surface area contributed by atoms with Gasteiger partial charge in [-0.05, 0) is 0 Å². The van der Waals surface area contributed by atoms with Gasteiger partial charge >= 0.3 is 19.7 Å². The molecule has 1 saturated heterocycles. The molecule has 1 aliphatic rings. The summed E-state index contributed by atoms with van der Waals surface area (Å²) in [6, 6.07) is 0. The lowest BCUT2D eigenvalue weighted by Gasteiger charge is -2.16. The van der Waals surface area contributed by atoms with Crippen molar-refractivity contribution in [2.45, 2.75) is 37.4 Å². The number of nitrogens with zero attached hydrogens (tertiary/aromatic N) is 4. The number of aliphatic hydroxyl groups excluding tert-OH is 2. The van der Waals surface area contributed by atoms with Crippen molar-refractivity contribution in [2.75, 3.05) is 39.6 Å². The van der Waals surface area contributed by atoms with Crippen molar-refractivity contribution < 1.29 is 48.0 Å². The van der Waals surface area contributed by atoms with Crippen LogP contribution >= 0.6 is 7.75 Å². The third-order valence-corrected chi connectivity index (χ3v) is 5.41. The van der Waals surface area contributed by atoms with Crippen LogP contribution in [-0.2, 0) is 32.9 Å². The minimum Gasteiger partial charge on any atom is -0.469 e. The predicted octanol–water partition coefficient (Wildman–Crippen LogP) is -2.19. The minimum atomic E-state index is -4.22. The van der Waals surface area contributed by atoms with Gasteiger partial charge in [0.25, 0.3) is 0 Å². The number of methoxy groups -OCH3 is 2. The van der Waals surface area contributed by atoms with Crippen molar-refractivity contribution in [1.82, 2.24) is 24.8 Å². The molecule has 18 heteroatoms. The number of imidazole rings is 1. The maximum atomic E-state index is 10.9. The Labute approximate surface area is 205 Å². The summed E-state index contributed by atoms with van der Waals surface area (Å²) in [5.74, 6) is -0.359. The van der Waals surface area contributed by atoms with Crippen LogP contribution in [0.15, 0.2) is 12.7 Å². The Bertz CT molecular complexity index is 1050. The summed E-state index contributed by atoms with van der Waals surface area (Å²) in [5.41, 5.74) is 11.2. The van der Waals surface area contributed by atoms with Crippen molar-refractivity contribution in [2.24, 2.45) is 5.50 Å². The van der Waals surface area contributed by atoms with Crippen LogP contribution in [0.4, 0.5) is 5.82 Å². The van der Waals surface area contributed by atoms with E-state index in [4.69, 9.17) is 20.9 Å². The highest BCUT2D eigenvalue weighted by atomic mass is 31.2. The Morgan fingerprint density at radius 2 is 1.75 bits per heavy atom. The molecule has 2 aromatic heterocycles. The molecule has 0 aliphatic carbocycles. The van der Waals surface area contributed by atoms with E-state index in [1.54, 1.807) is 0 Å². The third kappa shape index (κ3) is 8.42. The SMILES string of the molecule is COC(=O)CCNCCC(=O)OC.Nc1ncnc2c1ncn2[C@@H]1O[C@H](COP(N)(=O)O)[C@@H](O)[C@H]1O. The molecular weight excluding hydrogens is 505 g/mol. The fourth-order valence-electron chi connectivity index (χ4n) is 3.04. The van der Waals surface area contributed by atoms with Crippen LogP contribution in [0.2, 0.25) is 0 Å². The Hall–Kier alpha value is -2.76. The van der Waals surface area contributed by atoms with Gasteiger partial charge in [-0.1, -0.05) is 0 Å². The molecule has 1 fully saturated rings. The molecule has 0 radical (unpaired) electrons. The molecule has 0 saturated carbocycles. The second-order valence-corrected chi connectivity index (χ2v) is 8.78. The Balaban J connectivity index is 0.000000302. The summed E-state index contributed by atoms with van der Waals surface area (Å²) >= 11 is 0. The second-order valence-electron chi connectivity index (χ2n) is 7.39. The largest absolute Gasteiger partial charge is 0.469 e. The summed E-state index contributed by atoms with van der Waals surface area (Å²) in [7, 11) is -1.53. The monoisotopic (exact) mass is 535 g/mol. The van der Waals surface area contributed by atoms with E-state index >= 15 is 0 Å². The average Bonchev–Trinajstić information content (AvgIpc) is 3.39. The van der Waals surface area contributed by atoms with Gasteiger partial charge in [0.05, 0.1) is 40.0 Å². The molecule has 5 atom stereocenters. The number of hydrogen-bond acceptors (Lipinski definition) is 14. The number of anilines is 1. The molecular formula is C18H30N7O10P. The highest BCUT2D eigenvalue weighted by molar-refractivity contribution is 7.50. The number of hydrogen-bond donors (Lipinski definition) is 6. The summed E-state index contributed by atoms with van der Waals surface area (Å²) in [5, 5.41) is 23.0. The number of nitrogen functional groups attached to an aromatic ring is 1. The van der Waals surface area contributed by atoms with Gasteiger partial charge in [-0.3, -0.25) is 18.7 Å². The van der Waals surface area contributed by atoms with Crippen LogP contribution in [0.3, 0.4) is 0 Å². The van der Waals surface area contributed by atoms with Crippen LogP contribution in [0.1, 0.15) is 19.1 Å². The van der Waals surface area contributed by atoms with Gasteiger partial charge in [0.2, 0.25) is 0 Å². The number of aromatic nitrogens is 4. The Kier molecular flexibility index (Phi) is 11.1. The van der Waals surface area contributed by atoms with Gasteiger partial charge < -0.3 is 40.4 Å². The van der Waals surface area contributed by atoms with E-state index in [1.165, 1.54) is 31.4 Å². The molecule has 0 bridgehead atoms.